The predicted octanol–water partition coefficient (Wildman–Crippen LogP) is 1.65. The Balaban J connectivity index is 2.12. The minimum atomic E-state index is -1.63. The third-order valence-corrected chi connectivity index (χ3v) is 5.80. The Morgan fingerprint density at radius 3 is 2.17 bits per heavy atom. The average molecular weight is 386 g/mol. The molecule has 0 saturated carbocycles. The first-order valence-electron chi connectivity index (χ1n) is 9.26. The fourth-order valence-corrected chi connectivity index (χ4v) is 4.10. The molecule has 1 saturated heterocycles. The van der Waals surface area contributed by atoms with E-state index in [9.17, 15) is 4.39 Å². The molecule has 0 spiro atoms. The normalized spacial score (nSPS) is 19.5. The fourth-order valence-electron chi connectivity index (χ4n) is 4.10. The molecule has 0 unspecified atom stereocenters. The number of aromatic nitrogens is 1. The van der Waals surface area contributed by atoms with Crippen molar-refractivity contribution >= 4 is 62.0 Å². The SMILES string of the molecule is [B]C1([B])COCC([B])([B])C1([B])c1cc2cc(N)c(C=N)cc2n1-c1ccc(F)cc1. The zero-order valence-corrected chi connectivity index (χ0v) is 16.2. The van der Waals surface area contributed by atoms with Crippen LogP contribution in [0.25, 0.3) is 16.6 Å². The van der Waals surface area contributed by atoms with Crippen LogP contribution >= 0.6 is 0 Å². The average Bonchev–Trinajstić information content (AvgIpc) is 3.04. The highest BCUT2D eigenvalue weighted by molar-refractivity contribution is 6.52. The van der Waals surface area contributed by atoms with E-state index in [0.29, 0.717) is 33.5 Å². The van der Waals surface area contributed by atoms with Gasteiger partial charge in [0.25, 0.3) is 0 Å². The van der Waals surface area contributed by atoms with Crippen LogP contribution in [0.1, 0.15) is 11.3 Å². The number of anilines is 1. The molecule has 1 aromatic heterocycles. The van der Waals surface area contributed by atoms with E-state index in [1.165, 1.54) is 12.1 Å². The van der Waals surface area contributed by atoms with Gasteiger partial charge in [-0.2, -0.15) is 0 Å². The monoisotopic (exact) mass is 387 g/mol. The maximum absolute atomic E-state index is 13.6. The number of benzene rings is 2. The van der Waals surface area contributed by atoms with Crippen molar-refractivity contribution < 1.29 is 9.13 Å². The zero-order valence-electron chi connectivity index (χ0n) is 16.2. The molecule has 1 aliphatic rings. The Morgan fingerprint density at radius 2 is 1.60 bits per heavy atom. The Morgan fingerprint density at radius 1 is 1.00 bits per heavy atom. The zero-order chi connectivity index (χ0) is 21.9. The molecule has 2 heterocycles. The van der Waals surface area contributed by atoms with Crippen LogP contribution in [-0.4, -0.2) is 63.2 Å². The molecule has 10 radical (unpaired) electrons. The Labute approximate surface area is 181 Å². The van der Waals surface area contributed by atoms with E-state index in [2.05, 4.69) is 0 Å². The first kappa shape index (κ1) is 20.9. The molecular formula is C20H15B5FN3O. The summed E-state index contributed by atoms with van der Waals surface area (Å²) in [5.41, 5.74) is 8.66. The van der Waals surface area contributed by atoms with E-state index in [4.69, 9.17) is 55.1 Å². The van der Waals surface area contributed by atoms with Crippen molar-refractivity contribution in [2.24, 2.45) is 0 Å². The van der Waals surface area contributed by atoms with Gasteiger partial charge in [-0.1, -0.05) is 10.4 Å². The van der Waals surface area contributed by atoms with E-state index >= 15 is 0 Å². The van der Waals surface area contributed by atoms with Gasteiger partial charge in [0.2, 0.25) is 0 Å². The van der Waals surface area contributed by atoms with Gasteiger partial charge in [-0.3, -0.25) is 0 Å². The Bertz CT molecular complexity index is 1130. The minimum Gasteiger partial charge on any atom is -0.398 e. The number of nitrogens with two attached hydrogens (primary N) is 1. The molecular weight excluding hydrogens is 371 g/mol. The second-order valence-corrected chi connectivity index (χ2v) is 7.91. The lowest BCUT2D eigenvalue weighted by Gasteiger charge is -2.60. The number of ether oxygens (including phenoxy) is 1. The van der Waals surface area contributed by atoms with E-state index < -0.39 is 21.6 Å². The number of hydrogen-bond donors (Lipinski definition) is 2. The molecule has 0 amide bonds. The smallest absolute Gasteiger partial charge is 0.123 e. The molecule has 0 aliphatic carbocycles. The number of nitrogens with one attached hydrogen (secondary N) is 1. The standard InChI is InChI=1S/C20H15B5FN3O/c21-18(22)9-30-10-19(23,24)20(18,25)17-7-11-5-15(28)12(8-27)6-16(11)29(17)14-3-1-13(26)2-4-14/h1-8,27H,9-10,28H2. The number of nitrogens with zero attached hydrogens (tertiary/aromatic N) is 1. The highest BCUT2D eigenvalue weighted by Crippen LogP contribution is 2.57. The van der Waals surface area contributed by atoms with Gasteiger partial charge in [0.1, 0.15) is 5.82 Å². The number of hydrogen-bond acceptors (Lipinski definition) is 3. The van der Waals surface area contributed by atoms with Crippen LogP contribution in [0, 0.1) is 11.2 Å². The van der Waals surface area contributed by atoms with Crippen LogP contribution in [0.5, 0.6) is 0 Å². The van der Waals surface area contributed by atoms with Crippen molar-refractivity contribution in [3.05, 3.63) is 59.5 Å². The topological polar surface area (TPSA) is 64.0 Å². The highest BCUT2D eigenvalue weighted by Gasteiger charge is 2.54. The van der Waals surface area contributed by atoms with Crippen molar-refractivity contribution in [2.45, 2.75) is 15.7 Å². The second-order valence-electron chi connectivity index (χ2n) is 7.91. The first-order chi connectivity index (χ1) is 14.0. The molecule has 1 fully saturated rings. The molecule has 3 aromatic rings. The maximum Gasteiger partial charge on any atom is 0.123 e. The number of nitrogen functional groups attached to an aromatic ring is 1. The predicted molar refractivity (Wildman–Crippen MR) is 122 cm³/mol. The van der Waals surface area contributed by atoms with E-state index in [1.54, 1.807) is 34.9 Å². The van der Waals surface area contributed by atoms with Crippen molar-refractivity contribution in [3.8, 4) is 5.69 Å². The highest BCUT2D eigenvalue weighted by atomic mass is 19.1. The summed E-state index contributed by atoms with van der Waals surface area (Å²) in [4.78, 5) is 0. The number of fused-ring (bicyclic) bond motifs is 1. The fraction of sp³-hybridized carbons (Fsp3) is 0.250. The summed E-state index contributed by atoms with van der Waals surface area (Å²) >= 11 is 0. The molecule has 138 valence electrons. The summed E-state index contributed by atoms with van der Waals surface area (Å²) in [5.74, 6) is -0.395. The lowest BCUT2D eigenvalue weighted by molar-refractivity contribution is 0.0502. The van der Waals surface area contributed by atoms with Crippen molar-refractivity contribution in [3.63, 3.8) is 0 Å². The summed E-state index contributed by atoms with van der Waals surface area (Å²) in [6.45, 7) is -0.142. The van der Waals surface area contributed by atoms with Crippen molar-refractivity contribution in [1.29, 1.82) is 5.41 Å². The van der Waals surface area contributed by atoms with Gasteiger partial charge in [0, 0.05) is 47.4 Å². The van der Waals surface area contributed by atoms with Gasteiger partial charge in [-0.15, -0.1) is 0 Å². The van der Waals surface area contributed by atoms with Crippen molar-refractivity contribution in [1.82, 2.24) is 4.57 Å². The van der Waals surface area contributed by atoms with Crippen LogP contribution in [0.15, 0.2) is 42.5 Å². The van der Waals surface area contributed by atoms with Crippen LogP contribution in [0.2, 0.25) is 10.4 Å². The van der Waals surface area contributed by atoms with Gasteiger partial charge in [0.15, 0.2) is 0 Å². The van der Waals surface area contributed by atoms with Crippen LogP contribution in [0.4, 0.5) is 10.1 Å². The largest absolute Gasteiger partial charge is 0.398 e. The summed E-state index contributed by atoms with van der Waals surface area (Å²) in [5, 5.41) is 3.49. The summed E-state index contributed by atoms with van der Waals surface area (Å²) in [7, 11) is 32.3. The maximum atomic E-state index is 13.6. The quantitative estimate of drug-likeness (QED) is 0.409. The minimum absolute atomic E-state index is 0.0710. The Kier molecular flexibility index (Phi) is 4.77. The van der Waals surface area contributed by atoms with Crippen LogP contribution < -0.4 is 5.73 Å². The van der Waals surface area contributed by atoms with E-state index in [0.717, 1.165) is 6.21 Å². The lowest BCUT2D eigenvalue weighted by atomic mass is 9.22. The second kappa shape index (κ2) is 6.84. The third-order valence-electron chi connectivity index (χ3n) is 5.80. The van der Waals surface area contributed by atoms with Crippen LogP contribution in [-0.2, 0) is 10.1 Å². The summed E-state index contributed by atoms with van der Waals surface area (Å²) in [6, 6.07) is 11.0. The number of halogens is 1. The van der Waals surface area contributed by atoms with Gasteiger partial charge in [0.05, 0.1) is 44.7 Å². The molecule has 4 rings (SSSR count). The Hall–Kier alpha value is -2.34. The summed E-state index contributed by atoms with van der Waals surface area (Å²) < 4.78 is 20.8. The van der Waals surface area contributed by atoms with Gasteiger partial charge < -0.3 is 20.4 Å². The molecule has 2 aromatic carbocycles. The molecule has 3 N–H and O–H groups in total. The molecule has 0 bridgehead atoms. The van der Waals surface area contributed by atoms with E-state index in [-0.39, 0.29) is 13.2 Å². The van der Waals surface area contributed by atoms with E-state index in [1.807, 2.05) is 0 Å². The summed E-state index contributed by atoms with van der Waals surface area (Å²) in [6.07, 6.45) is 1.15. The van der Waals surface area contributed by atoms with Crippen molar-refractivity contribution in [2.75, 3.05) is 18.9 Å². The molecule has 0 atom stereocenters. The number of rotatable bonds is 3. The lowest BCUT2D eigenvalue weighted by Crippen LogP contribution is -2.59. The molecule has 4 nitrogen and oxygen atoms in total. The molecule has 1 aliphatic heterocycles. The molecule has 30 heavy (non-hydrogen) atoms. The first-order valence-corrected chi connectivity index (χ1v) is 9.26. The van der Waals surface area contributed by atoms with Gasteiger partial charge in [-0.25, -0.2) is 4.39 Å². The van der Waals surface area contributed by atoms with Gasteiger partial charge >= 0.3 is 0 Å². The van der Waals surface area contributed by atoms with Crippen LogP contribution in [0.3, 0.4) is 0 Å². The third kappa shape index (κ3) is 2.88. The van der Waals surface area contributed by atoms with Gasteiger partial charge in [-0.05, 0) is 47.8 Å². The molecule has 10 heteroatoms.